The maximum absolute atomic E-state index is 13.6. The molecule has 182 valence electrons. The molecular formula is C26H28N4O4S. The fourth-order valence-electron chi connectivity index (χ4n) is 4.31. The summed E-state index contributed by atoms with van der Waals surface area (Å²) in [6.45, 7) is 10.0. The first-order valence-electron chi connectivity index (χ1n) is 11.3. The number of thiophene rings is 1. The molecule has 8 nitrogen and oxygen atoms in total. The van der Waals surface area contributed by atoms with Crippen LogP contribution in [0.15, 0.2) is 33.5 Å². The number of nitrogens with zero attached hydrogens (tertiary/aromatic N) is 4. The van der Waals surface area contributed by atoms with Crippen molar-refractivity contribution >= 4 is 17.2 Å². The Labute approximate surface area is 208 Å². The number of hydrogen-bond acceptors (Lipinski definition) is 7. The molecule has 1 aliphatic rings. The van der Waals surface area contributed by atoms with Gasteiger partial charge < -0.3 is 18.9 Å². The molecule has 0 aliphatic carbocycles. The Balaban J connectivity index is 1.77. The SMILES string of the molecule is COc1cc2c(cc1-c1c(C)noc1C)-c1c(c(C(=O)N(C)C(C)(C)C)nn1-c1ccsc1)CO2. The van der Waals surface area contributed by atoms with Gasteiger partial charge in [0, 0.05) is 40.7 Å². The van der Waals surface area contributed by atoms with Gasteiger partial charge in [0.1, 0.15) is 23.9 Å². The molecule has 5 rings (SSSR count). The lowest BCUT2D eigenvalue weighted by Gasteiger charge is -2.31. The van der Waals surface area contributed by atoms with Crippen LogP contribution in [-0.4, -0.2) is 45.4 Å². The summed E-state index contributed by atoms with van der Waals surface area (Å²) < 4.78 is 19.2. The molecule has 1 aliphatic heterocycles. The van der Waals surface area contributed by atoms with E-state index in [1.807, 2.05) is 68.3 Å². The van der Waals surface area contributed by atoms with Crippen molar-refractivity contribution in [2.45, 2.75) is 46.8 Å². The van der Waals surface area contributed by atoms with E-state index in [0.717, 1.165) is 39.3 Å². The lowest BCUT2D eigenvalue weighted by molar-refractivity contribution is 0.0646. The molecule has 4 aromatic rings. The van der Waals surface area contributed by atoms with Crippen molar-refractivity contribution in [3.8, 4) is 39.6 Å². The number of carbonyl (C=O) groups is 1. The molecule has 0 bridgehead atoms. The number of rotatable bonds is 4. The first kappa shape index (κ1) is 23.2. The Hall–Kier alpha value is -3.59. The van der Waals surface area contributed by atoms with Crippen molar-refractivity contribution in [3.05, 3.63) is 51.7 Å². The number of fused-ring (bicyclic) bond motifs is 3. The van der Waals surface area contributed by atoms with Crippen LogP contribution in [0, 0.1) is 13.8 Å². The fourth-order valence-corrected chi connectivity index (χ4v) is 4.93. The number of ether oxygens (including phenoxy) is 2. The van der Waals surface area contributed by atoms with Crippen molar-refractivity contribution in [3.63, 3.8) is 0 Å². The smallest absolute Gasteiger partial charge is 0.274 e. The molecule has 0 saturated heterocycles. The van der Waals surface area contributed by atoms with Gasteiger partial charge in [-0.3, -0.25) is 4.79 Å². The summed E-state index contributed by atoms with van der Waals surface area (Å²) in [5, 5.41) is 13.0. The lowest BCUT2D eigenvalue weighted by atomic mass is 9.95. The second-order valence-electron chi connectivity index (χ2n) is 9.64. The normalized spacial score (nSPS) is 12.7. The molecule has 3 aromatic heterocycles. The largest absolute Gasteiger partial charge is 0.496 e. The Morgan fingerprint density at radius 3 is 2.60 bits per heavy atom. The fraction of sp³-hybridized carbons (Fsp3) is 0.346. The van der Waals surface area contributed by atoms with Crippen LogP contribution < -0.4 is 9.47 Å². The Kier molecular flexibility index (Phi) is 5.47. The minimum atomic E-state index is -0.354. The monoisotopic (exact) mass is 492 g/mol. The van der Waals surface area contributed by atoms with Gasteiger partial charge >= 0.3 is 0 Å². The molecule has 0 saturated carbocycles. The van der Waals surface area contributed by atoms with Crippen LogP contribution in [0.1, 0.15) is 48.3 Å². The molecule has 1 aromatic carbocycles. The average molecular weight is 493 g/mol. The highest BCUT2D eigenvalue weighted by Gasteiger charge is 2.35. The van der Waals surface area contributed by atoms with Gasteiger partial charge in [0.25, 0.3) is 5.91 Å². The van der Waals surface area contributed by atoms with Gasteiger partial charge in [-0.1, -0.05) is 5.16 Å². The van der Waals surface area contributed by atoms with Gasteiger partial charge in [0.2, 0.25) is 0 Å². The van der Waals surface area contributed by atoms with E-state index in [-0.39, 0.29) is 18.1 Å². The van der Waals surface area contributed by atoms with E-state index in [9.17, 15) is 4.79 Å². The van der Waals surface area contributed by atoms with Crippen molar-refractivity contribution in [1.82, 2.24) is 19.8 Å². The number of carbonyl (C=O) groups excluding carboxylic acids is 1. The maximum Gasteiger partial charge on any atom is 0.274 e. The highest BCUT2D eigenvalue weighted by molar-refractivity contribution is 7.08. The Morgan fingerprint density at radius 2 is 2.00 bits per heavy atom. The predicted octanol–water partition coefficient (Wildman–Crippen LogP) is 5.64. The van der Waals surface area contributed by atoms with Crippen LogP contribution in [0.5, 0.6) is 11.5 Å². The minimum absolute atomic E-state index is 0.144. The molecule has 0 spiro atoms. The third-order valence-electron chi connectivity index (χ3n) is 6.48. The van der Waals surface area contributed by atoms with E-state index in [4.69, 9.17) is 19.1 Å². The van der Waals surface area contributed by atoms with Gasteiger partial charge in [0.05, 0.1) is 29.7 Å². The van der Waals surface area contributed by atoms with Crippen LogP contribution in [0.4, 0.5) is 0 Å². The van der Waals surface area contributed by atoms with E-state index in [1.54, 1.807) is 30.4 Å². The zero-order valence-corrected chi connectivity index (χ0v) is 21.7. The summed E-state index contributed by atoms with van der Waals surface area (Å²) in [6.07, 6.45) is 0. The van der Waals surface area contributed by atoms with E-state index < -0.39 is 0 Å². The third-order valence-corrected chi connectivity index (χ3v) is 7.15. The summed E-state index contributed by atoms with van der Waals surface area (Å²) in [6, 6.07) is 5.89. The summed E-state index contributed by atoms with van der Waals surface area (Å²) in [5.41, 5.74) is 5.86. The lowest BCUT2D eigenvalue weighted by Crippen LogP contribution is -2.43. The Bertz CT molecular complexity index is 1410. The number of benzene rings is 1. The molecule has 1 amide bonds. The van der Waals surface area contributed by atoms with Crippen molar-refractivity contribution in [1.29, 1.82) is 0 Å². The number of amides is 1. The molecule has 35 heavy (non-hydrogen) atoms. The van der Waals surface area contributed by atoms with Gasteiger partial charge in [-0.05, 0) is 52.1 Å². The first-order valence-corrected chi connectivity index (χ1v) is 12.3. The Morgan fingerprint density at radius 1 is 1.23 bits per heavy atom. The molecular weight excluding hydrogens is 464 g/mol. The molecule has 0 atom stereocenters. The molecule has 0 unspecified atom stereocenters. The molecule has 0 N–H and O–H groups in total. The maximum atomic E-state index is 13.6. The standard InChI is InChI=1S/C26H28N4O4S/c1-14-22(15(2)34-28-14)17-10-18-21(11-20(17)32-7)33-12-19-23(25(31)29(6)26(3,4)5)27-30(24(18)19)16-8-9-35-13-16/h8-11,13H,12H2,1-7H3. The predicted molar refractivity (Wildman–Crippen MR) is 135 cm³/mol. The van der Waals surface area contributed by atoms with E-state index in [1.165, 1.54) is 0 Å². The summed E-state index contributed by atoms with van der Waals surface area (Å²) in [7, 11) is 3.43. The zero-order chi connectivity index (χ0) is 25.1. The quantitative estimate of drug-likeness (QED) is 0.366. The number of aromatic nitrogens is 3. The van der Waals surface area contributed by atoms with Crippen LogP contribution in [0.25, 0.3) is 28.1 Å². The minimum Gasteiger partial charge on any atom is -0.496 e. The van der Waals surface area contributed by atoms with Crippen LogP contribution in [-0.2, 0) is 6.61 Å². The van der Waals surface area contributed by atoms with Crippen LogP contribution in [0.3, 0.4) is 0 Å². The zero-order valence-electron chi connectivity index (χ0n) is 20.9. The number of aryl methyl sites for hydroxylation is 2. The molecule has 0 fully saturated rings. The number of methoxy groups -OCH3 is 1. The van der Waals surface area contributed by atoms with Crippen molar-refractivity contribution in [2.24, 2.45) is 0 Å². The summed E-state index contributed by atoms with van der Waals surface area (Å²) in [5.74, 6) is 1.89. The summed E-state index contributed by atoms with van der Waals surface area (Å²) in [4.78, 5) is 15.3. The van der Waals surface area contributed by atoms with Crippen molar-refractivity contribution in [2.75, 3.05) is 14.2 Å². The second kappa shape index (κ2) is 8.27. The third kappa shape index (κ3) is 3.70. The molecule has 0 radical (unpaired) electrons. The molecule has 4 heterocycles. The van der Waals surface area contributed by atoms with E-state index in [0.29, 0.717) is 23.0 Å². The average Bonchev–Trinajstić information content (AvgIpc) is 3.55. The van der Waals surface area contributed by atoms with E-state index in [2.05, 4.69) is 5.16 Å². The van der Waals surface area contributed by atoms with Crippen LogP contribution >= 0.6 is 11.3 Å². The topological polar surface area (TPSA) is 82.6 Å². The van der Waals surface area contributed by atoms with Crippen LogP contribution in [0.2, 0.25) is 0 Å². The molecule has 9 heteroatoms. The second-order valence-corrected chi connectivity index (χ2v) is 10.4. The first-order chi connectivity index (χ1) is 16.6. The number of hydrogen-bond donors (Lipinski definition) is 0. The van der Waals surface area contributed by atoms with Gasteiger partial charge in [-0.25, -0.2) is 4.68 Å². The highest BCUT2D eigenvalue weighted by atomic mass is 32.1. The van der Waals surface area contributed by atoms with E-state index >= 15 is 0 Å². The van der Waals surface area contributed by atoms with Crippen molar-refractivity contribution < 1.29 is 18.8 Å². The van der Waals surface area contributed by atoms with Gasteiger partial charge in [-0.15, -0.1) is 0 Å². The summed E-state index contributed by atoms with van der Waals surface area (Å²) >= 11 is 1.58. The van der Waals surface area contributed by atoms with Gasteiger partial charge in [0.15, 0.2) is 5.69 Å². The van der Waals surface area contributed by atoms with Gasteiger partial charge in [-0.2, -0.15) is 16.4 Å². The highest BCUT2D eigenvalue weighted by Crippen LogP contribution is 2.47.